The highest BCUT2D eigenvalue weighted by atomic mass is 15.2. The van der Waals surface area contributed by atoms with Gasteiger partial charge in [-0.3, -0.25) is 4.57 Å². The summed E-state index contributed by atoms with van der Waals surface area (Å²) >= 11 is 0. The standard InChI is InChI=1S/C35H31N3/c1-21-16-23-17-24-19-35(18-21,20-29(23)24)33-28-15-14-22-8-2-3-9-25(22)32(28)36-34(37-33)38-30-12-6-4-10-26(30)27-11-5-7-13-31(27)38/h2-15,21,23-24,29H,16-20H2,1H3/t21-,23?,24-,29?,35?/m0/s1. The molecule has 2 aromatic heterocycles. The topological polar surface area (TPSA) is 30.7 Å². The fraction of sp³-hybridized carbons (Fsp3) is 0.314. The van der Waals surface area contributed by atoms with E-state index in [4.69, 9.17) is 9.97 Å². The van der Waals surface area contributed by atoms with Gasteiger partial charge in [0.05, 0.1) is 22.2 Å². The molecular formula is C35H31N3. The molecule has 4 aromatic carbocycles. The zero-order valence-corrected chi connectivity index (χ0v) is 21.8. The first-order valence-corrected chi connectivity index (χ1v) is 14.4. The van der Waals surface area contributed by atoms with Crippen LogP contribution in [-0.4, -0.2) is 14.5 Å². The quantitative estimate of drug-likeness (QED) is 0.226. The third-order valence-corrected chi connectivity index (χ3v) is 10.4. The van der Waals surface area contributed by atoms with E-state index in [0.29, 0.717) is 0 Å². The van der Waals surface area contributed by atoms with Gasteiger partial charge < -0.3 is 0 Å². The summed E-state index contributed by atoms with van der Waals surface area (Å²) in [4.78, 5) is 11.0. The summed E-state index contributed by atoms with van der Waals surface area (Å²) < 4.78 is 2.32. The molecule has 38 heavy (non-hydrogen) atoms. The van der Waals surface area contributed by atoms with Gasteiger partial charge in [0.25, 0.3) is 0 Å². The van der Waals surface area contributed by atoms with Gasteiger partial charge in [-0.25, -0.2) is 9.97 Å². The van der Waals surface area contributed by atoms with Crippen LogP contribution >= 0.6 is 0 Å². The second kappa shape index (κ2) is 7.44. The fourth-order valence-corrected chi connectivity index (χ4v) is 9.02. The molecule has 3 unspecified atom stereocenters. The summed E-state index contributed by atoms with van der Waals surface area (Å²) in [6, 6.07) is 30.8. The van der Waals surface area contributed by atoms with E-state index in [1.165, 1.54) is 75.8 Å². The Balaban J connectivity index is 1.41. The predicted molar refractivity (Wildman–Crippen MR) is 156 cm³/mol. The van der Waals surface area contributed by atoms with Gasteiger partial charge in [0.2, 0.25) is 5.95 Å². The Kier molecular flexibility index (Phi) is 4.16. The number of hydrogen-bond acceptors (Lipinski definition) is 2. The molecule has 3 nitrogen and oxygen atoms in total. The van der Waals surface area contributed by atoms with Gasteiger partial charge in [0.15, 0.2) is 0 Å². The number of aromatic nitrogens is 3. The van der Waals surface area contributed by atoms with E-state index in [0.717, 1.165) is 35.1 Å². The van der Waals surface area contributed by atoms with E-state index in [2.05, 4.69) is 96.4 Å². The van der Waals surface area contributed by atoms with Crippen LogP contribution in [0.15, 0.2) is 84.9 Å². The van der Waals surface area contributed by atoms with Crippen LogP contribution in [0.4, 0.5) is 0 Å². The largest absolute Gasteiger partial charge is 0.278 e. The Bertz CT molecular complexity index is 1860. The molecule has 0 radical (unpaired) electrons. The van der Waals surface area contributed by atoms with Crippen molar-refractivity contribution in [3.05, 3.63) is 90.6 Å². The lowest BCUT2D eigenvalue weighted by Crippen LogP contribution is -2.34. The molecule has 0 spiro atoms. The van der Waals surface area contributed by atoms with Crippen LogP contribution in [0.5, 0.6) is 0 Å². The maximum absolute atomic E-state index is 5.62. The lowest BCUT2D eigenvalue weighted by atomic mass is 9.63. The van der Waals surface area contributed by atoms with Crippen molar-refractivity contribution in [1.29, 1.82) is 0 Å². The zero-order chi connectivity index (χ0) is 25.0. The molecule has 6 aromatic rings. The molecule has 9 rings (SSSR count). The van der Waals surface area contributed by atoms with Crippen molar-refractivity contribution in [2.45, 2.75) is 44.4 Å². The smallest absolute Gasteiger partial charge is 0.235 e. The lowest BCUT2D eigenvalue weighted by molar-refractivity contribution is 0.0779. The van der Waals surface area contributed by atoms with Gasteiger partial charge in [-0.05, 0) is 73.3 Å². The number of para-hydroxylation sites is 2. The van der Waals surface area contributed by atoms with Crippen molar-refractivity contribution in [3.63, 3.8) is 0 Å². The molecular weight excluding hydrogens is 462 g/mol. The molecule has 3 aliphatic carbocycles. The Morgan fingerprint density at radius 1 is 0.658 bits per heavy atom. The second-order valence-electron chi connectivity index (χ2n) is 12.6. The van der Waals surface area contributed by atoms with Crippen molar-refractivity contribution < 1.29 is 0 Å². The van der Waals surface area contributed by atoms with Crippen molar-refractivity contribution in [2.24, 2.45) is 23.7 Å². The van der Waals surface area contributed by atoms with Crippen molar-refractivity contribution in [2.75, 3.05) is 0 Å². The summed E-state index contributed by atoms with van der Waals surface area (Å²) in [5, 5.41) is 6.26. The molecule has 186 valence electrons. The summed E-state index contributed by atoms with van der Waals surface area (Å²) in [5.41, 5.74) is 4.92. The van der Waals surface area contributed by atoms with Crippen LogP contribution in [0.2, 0.25) is 0 Å². The maximum atomic E-state index is 5.62. The molecule has 2 heterocycles. The third-order valence-electron chi connectivity index (χ3n) is 10.4. The minimum atomic E-state index is 0.150. The van der Waals surface area contributed by atoms with Gasteiger partial charge in [-0.15, -0.1) is 0 Å². The Morgan fingerprint density at radius 3 is 2.16 bits per heavy atom. The van der Waals surface area contributed by atoms with E-state index >= 15 is 0 Å². The number of fused-ring (bicyclic) bond motifs is 7. The van der Waals surface area contributed by atoms with Crippen LogP contribution in [0.25, 0.3) is 49.4 Å². The van der Waals surface area contributed by atoms with Crippen LogP contribution in [0, 0.1) is 23.7 Å². The van der Waals surface area contributed by atoms with E-state index in [1.54, 1.807) is 0 Å². The lowest BCUT2D eigenvalue weighted by Gasteiger charge is -2.42. The summed E-state index contributed by atoms with van der Waals surface area (Å²) in [5.74, 6) is 4.28. The van der Waals surface area contributed by atoms with Gasteiger partial charge in [0.1, 0.15) is 0 Å². The molecule has 3 saturated carbocycles. The van der Waals surface area contributed by atoms with Crippen molar-refractivity contribution >= 4 is 43.5 Å². The molecule has 3 aliphatic rings. The number of rotatable bonds is 2. The highest BCUT2D eigenvalue weighted by Crippen LogP contribution is 2.65. The minimum Gasteiger partial charge on any atom is -0.278 e. The molecule has 5 atom stereocenters. The highest BCUT2D eigenvalue weighted by Gasteiger charge is 2.58. The van der Waals surface area contributed by atoms with Gasteiger partial charge in [0, 0.05) is 27.0 Å². The maximum Gasteiger partial charge on any atom is 0.235 e. The normalized spacial score (nSPS) is 28.2. The highest BCUT2D eigenvalue weighted by molar-refractivity contribution is 6.10. The van der Waals surface area contributed by atoms with E-state index < -0.39 is 0 Å². The fourth-order valence-electron chi connectivity index (χ4n) is 9.02. The first kappa shape index (κ1) is 21.2. The Morgan fingerprint density at radius 2 is 1.37 bits per heavy atom. The van der Waals surface area contributed by atoms with E-state index in [-0.39, 0.29) is 5.41 Å². The average Bonchev–Trinajstić information content (AvgIpc) is 3.39. The summed E-state index contributed by atoms with van der Waals surface area (Å²) in [6.07, 6.45) is 6.68. The first-order chi connectivity index (χ1) is 18.7. The molecule has 3 heteroatoms. The molecule has 0 saturated heterocycles. The molecule has 0 amide bonds. The second-order valence-corrected chi connectivity index (χ2v) is 12.6. The van der Waals surface area contributed by atoms with Crippen LogP contribution < -0.4 is 0 Å². The van der Waals surface area contributed by atoms with Gasteiger partial charge in [-0.1, -0.05) is 79.7 Å². The monoisotopic (exact) mass is 493 g/mol. The molecule has 0 aliphatic heterocycles. The minimum absolute atomic E-state index is 0.150. The van der Waals surface area contributed by atoms with Crippen molar-refractivity contribution in [1.82, 2.24) is 14.5 Å². The third kappa shape index (κ3) is 2.74. The summed E-state index contributed by atoms with van der Waals surface area (Å²) in [6.45, 7) is 2.49. The van der Waals surface area contributed by atoms with E-state index in [9.17, 15) is 0 Å². The number of hydrogen-bond donors (Lipinski definition) is 0. The summed E-state index contributed by atoms with van der Waals surface area (Å²) in [7, 11) is 0. The number of benzene rings is 4. The van der Waals surface area contributed by atoms with Crippen LogP contribution in [-0.2, 0) is 5.41 Å². The van der Waals surface area contributed by atoms with Crippen molar-refractivity contribution in [3.8, 4) is 5.95 Å². The molecule has 0 N–H and O–H groups in total. The Labute approximate surface area is 222 Å². The predicted octanol–water partition coefficient (Wildman–Crippen LogP) is 8.59. The molecule has 3 fully saturated rings. The number of nitrogens with zero attached hydrogens (tertiary/aromatic N) is 3. The van der Waals surface area contributed by atoms with Crippen LogP contribution in [0.1, 0.15) is 44.7 Å². The van der Waals surface area contributed by atoms with Gasteiger partial charge >= 0.3 is 0 Å². The zero-order valence-electron chi connectivity index (χ0n) is 21.8. The van der Waals surface area contributed by atoms with E-state index in [1.807, 2.05) is 0 Å². The average molecular weight is 494 g/mol. The SMILES string of the molecule is C[C@H]1CC2C[C@H]3CC(c4nc(-n5c6ccccc6c6ccccc65)nc5c4ccc4ccccc45)(CC23)C1. The first-order valence-electron chi connectivity index (χ1n) is 14.4. The Hall–Kier alpha value is -3.72. The van der Waals surface area contributed by atoms with Crippen LogP contribution in [0.3, 0.4) is 0 Å². The molecule has 2 bridgehead atoms. The van der Waals surface area contributed by atoms with Gasteiger partial charge in [-0.2, -0.15) is 0 Å².